The van der Waals surface area contributed by atoms with Crippen molar-refractivity contribution in [2.75, 3.05) is 32.8 Å². The van der Waals surface area contributed by atoms with Crippen LogP contribution in [0.4, 0.5) is 0 Å². The Morgan fingerprint density at radius 2 is 2.00 bits per heavy atom. The maximum absolute atomic E-state index is 10.5. The van der Waals surface area contributed by atoms with Crippen molar-refractivity contribution < 1.29 is 23.8 Å². The number of carbonyl (C=O) groups is 1. The van der Waals surface area contributed by atoms with Crippen LogP contribution in [0.2, 0.25) is 0 Å². The summed E-state index contributed by atoms with van der Waals surface area (Å²) in [6.45, 7) is 2.99. The SMILES string of the molecule is O=C(O)COc1ccc(CCN2CCOC(c3cc4ccccc4o3)C2)cc1. The van der Waals surface area contributed by atoms with Crippen molar-refractivity contribution in [3.63, 3.8) is 0 Å². The van der Waals surface area contributed by atoms with E-state index in [0.717, 1.165) is 42.8 Å². The Hall–Kier alpha value is -2.83. The van der Waals surface area contributed by atoms with E-state index >= 15 is 0 Å². The molecule has 1 aliphatic heterocycles. The van der Waals surface area contributed by atoms with Gasteiger partial charge >= 0.3 is 5.97 Å². The van der Waals surface area contributed by atoms with Gasteiger partial charge in [-0.2, -0.15) is 0 Å². The van der Waals surface area contributed by atoms with Crippen LogP contribution < -0.4 is 4.74 Å². The summed E-state index contributed by atoms with van der Waals surface area (Å²) in [5, 5.41) is 9.76. The lowest BCUT2D eigenvalue weighted by molar-refractivity contribution is -0.139. The predicted octanol–water partition coefficient (Wildman–Crippen LogP) is 3.51. The molecule has 4 rings (SSSR count). The average Bonchev–Trinajstić information content (AvgIpc) is 3.16. The second kappa shape index (κ2) is 8.46. The molecule has 0 saturated carbocycles. The first-order valence-corrected chi connectivity index (χ1v) is 9.43. The van der Waals surface area contributed by atoms with E-state index in [4.69, 9.17) is 19.0 Å². The maximum Gasteiger partial charge on any atom is 0.341 e. The molecule has 146 valence electrons. The van der Waals surface area contributed by atoms with Crippen molar-refractivity contribution in [3.8, 4) is 5.75 Å². The van der Waals surface area contributed by atoms with Crippen LogP contribution in [0.5, 0.6) is 5.75 Å². The molecule has 6 nitrogen and oxygen atoms in total. The van der Waals surface area contributed by atoms with E-state index in [9.17, 15) is 4.79 Å². The van der Waals surface area contributed by atoms with Crippen LogP contribution in [0.15, 0.2) is 59.0 Å². The summed E-state index contributed by atoms with van der Waals surface area (Å²) in [4.78, 5) is 12.9. The zero-order valence-corrected chi connectivity index (χ0v) is 15.5. The number of ether oxygens (including phenoxy) is 2. The van der Waals surface area contributed by atoms with Crippen molar-refractivity contribution in [1.29, 1.82) is 0 Å². The highest BCUT2D eigenvalue weighted by molar-refractivity contribution is 5.77. The molecule has 0 aliphatic carbocycles. The summed E-state index contributed by atoms with van der Waals surface area (Å²) < 4.78 is 17.1. The topological polar surface area (TPSA) is 72.1 Å². The van der Waals surface area contributed by atoms with Crippen LogP contribution in [0.1, 0.15) is 17.4 Å². The van der Waals surface area contributed by atoms with Gasteiger partial charge in [-0.05, 0) is 36.2 Å². The van der Waals surface area contributed by atoms with Gasteiger partial charge in [0, 0.05) is 25.0 Å². The van der Waals surface area contributed by atoms with E-state index in [1.165, 1.54) is 5.56 Å². The van der Waals surface area contributed by atoms with Crippen LogP contribution in [0.3, 0.4) is 0 Å². The molecule has 6 heteroatoms. The quantitative estimate of drug-likeness (QED) is 0.675. The lowest BCUT2D eigenvalue weighted by Gasteiger charge is -2.31. The fourth-order valence-corrected chi connectivity index (χ4v) is 3.42. The van der Waals surface area contributed by atoms with Gasteiger partial charge < -0.3 is 19.0 Å². The number of carboxylic acids is 1. The first-order chi connectivity index (χ1) is 13.7. The van der Waals surface area contributed by atoms with Crippen LogP contribution in [-0.2, 0) is 16.0 Å². The Bertz CT molecular complexity index is 901. The van der Waals surface area contributed by atoms with E-state index in [0.29, 0.717) is 12.4 Å². The van der Waals surface area contributed by atoms with Crippen molar-refractivity contribution >= 4 is 16.9 Å². The van der Waals surface area contributed by atoms with Crippen LogP contribution in [0.25, 0.3) is 11.0 Å². The molecule has 28 heavy (non-hydrogen) atoms. The second-order valence-electron chi connectivity index (χ2n) is 6.92. The molecular weight excluding hydrogens is 358 g/mol. The van der Waals surface area contributed by atoms with Crippen LogP contribution in [-0.4, -0.2) is 48.8 Å². The molecule has 2 aromatic carbocycles. The average molecular weight is 381 g/mol. The van der Waals surface area contributed by atoms with Gasteiger partial charge in [0.25, 0.3) is 0 Å². The molecular formula is C22H23NO5. The molecule has 1 saturated heterocycles. The number of fused-ring (bicyclic) bond motifs is 1. The van der Waals surface area contributed by atoms with E-state index in [-0.39, 0.29) is 12.7 Å². The standard InChI is InChI=1S/C22H23NO5/c24-22(25)15-27-18-7-5-16(6-8-18)9-10-23-11-12-26-21(14-23)20-13-17-3-1-2-4-19(17)28-20/h1-8,13,21H,9-12,14-15H2,(H,24,25). The minimum atomic E-state index is -0.976. The van der Waals surface area contributed by atoms with E-state index in [1.807, 2.05) is 48.5 Å². The summed E-state index contributed by atoms with van der Waals surface area (Å²) >= 11 is 0. The number of furan rings is 1. The molecule has 0 bridgehead atoms. The number of aliphatic carboxylic acids is 1. The molecule has 0 amide bonds. The molecule has 0 radical (unpaired) electrons. The van der Waals surface area contributed by atoms with Gasteiger partial charge in [0.1, 0.15) is 23.2 Å². The molecule has 1 aliphatic rings. The second-order valence-corrected chi connectivity index (χ2v) is 6.92. The highest BCUT2D eigenvalue weighted by atomic mass is 16.5. The van der Waals surface area contributed by atoms with Crippen molar-refractivity contribution in [1.82, 2.24) is 4.90 Å². The van der Waals surface area contributed by atoms with E-state index < -0.39 is 5.97 Å². The number of benzene rings is 2. The lowest BCUT2D eigenvalue weighted by atomic mass is 10.1. The van der Waals surface area contributed by atoms with Crippen LogP contribution in [0, 0.1) is 0 Å². The minimum absolute atomic E-state index is 0.0482. The van der Waals surface area contributed by atoms with Crippen molar-refractivity contribution in [2.45, 2.75) is 12.5 Å². The predicted molar refractivity (Wildman–Crippen MR) is 105 cm³/mol. The van der Waals surface area contributed by atoms with Gasteiger partial charge in [0.2, 0.25) is 0 Å². The minimum Gasteiger partial charge on any atom is -0.482 e. The first-order valence-electron chi connectivity index (χ1n) is 9.43. The number of rotatable bonds is 7. The van der Waals surface area contributed by atoms with Crippen molar-refractivity contribution in [2.24, 2.45) is 0 Å². The summed E-state index contributed by atoms with van der Waals surface area (Å²) in [6, 6.07) is 17.7. The Morgan fingerprint density at radius 1 is 1.18 bits per heavy atom. The molecule has 0 spiro atoms. The monoisotopic (exact) mass is 381 g/mol. The Labute approximate surface area is 163 Å². The zero-order valence-electron chi connectivity index (χ0n) is 15.5. The van der Waals surface area contributed by atoms with E-state index in [1.54, 1.807) is 0 Å². The van der Waals surface area contributed by atoms with Gasteiger partial charge in [0.15, 0.2) is 6.61 Å². The molecule has 1 unspecified atom stereocenters. The number of hydrogen-bond acceptors (Lipinski definition) is 5. The lowest BCUT2D eigenvalue weighted by Crippen LogP contribution is -2.39. The van der Waals surface area contributed by atoms with E-state index in [2.05, 4.69) is 11.0 Å². The van der Waals surface area contributed by atoms with Gasteiger partial charge in [0.05, 0.1) is 6.61 Å². The summed E-state index contributed by atoms with van der Waals surface area (Å²) in [5.74, 6) is 0.476. The highest BCUT2D eigenvalue weighted by Gasteiger charge is 2.24. The fourth-order valence-electron chi connectivity index (χ4n) is 3.42. The summed E-state index contributed by atoms with van der Waals surface area (Å²) in [6.07, 6.45) is 0.861. The third-order valence-electron chi connectivity index (χ3n) is 4.91. The molecule has 1 atom stereocenters. The van der Waals surface area contributed by atoms with Gasteiger partial charge in [-0.1, -0.05) is 30.3 Å². The molecule has 1 aromatic heterocycles. The van der Waals surface area contributed by atoms with Gasteiger partial charge in [-0.3, -0.25) is 4.90 Å². The molecule has 1 N–H and O–H groups in total. The Balaban J connectivity index is 1.32. The normalized spacial score (nSPS) is 17.6. The third-order valence-corrected chi connectivity index (χ3v) is 4.91. The number of nitrogens with zero attached hydrogens (tertiary/aromatic N) is 1. The van der Waals surface area contributed by atoms with Crippen LogP contribution >= 0.6 is 0 Å². The number of hydrogen-bond donors (Lipinski definition) is 1. The van der Waals surface area contributed by atoms with Gasteiger partial charge in [-0.25, -0.2) is 4.79 Å². The number of carboxylic acid groups (broad SMARTS) is 1. The first kappa shape index (κ1) is 18.5. The third kappa shape index (κ3) is 4.52. The van der Waals surface area contributed by atoms with Crippen molar-refractivity contribution in [3.05, 3.63) is 65.9 Å². The number of para-hydroxylation sites is 1. The summed E-state index contributed by atoms with van der Waals surface area (Å²) in [7, 11) is 0. The summed E-state index contributed by atoms with van der Waals surface area (Å²) in [5.41, 5.74) is 2.08. The maximum atomic E-state index is 10.5. The zero-order chi connectivity index (χ0) is 19.3. The molecule has 1 fully saturated rings. The largest absolute Gasteiger partial charge is 0.482 e. The smallest absolute Gasteiger partial charge is 0.341 e. The molecule has 3 aromatic rings. The highest BCUT2D eigenvalue weighted by Crippen LogP contribution is 2.28. The van der Waals surface area contributed by atoms with Gasteiger partial charge in [-0.15, -0.1) is 0 Å². The Kier molecular flexibility index (Phi) is 5.60. The number of morpholine rings is 1. The molecule has 2 heterocycles. The Morgan fingerprint density at radius 3 is 2.79 bits per heavy atom. The fraction of sp³-hybridized carbons (Fsp3) is 0.318.